The van der Waals surface area contributed by atoms with E-state index in [1.54, 1.807) is 0 Å². The van der Waals surface area contributed by atoms with Gasteiger partial charge < -0.3 is 18.0 Å². The molecule has 10 heteroatoms. The zero-order valence-electron chi connectivity index (χ0n) is 73.6. The average molecular weight is 1740 g/mol. The number of furan rings is 2. The van der Waals surface area contributed by atoms with Crippen molar-refractivity contribution >= 4 is 87.5 Å². The van der Waals surface area contributed by atoms with Crippen LogP contribution in [0.1, 0.15) is 0 Å². The lowest BCUT2D eigenvalue weighted by Gasteiger charge is -2.16. The molecule has 26 rings (SSSR count). The van der Waals surface area contributed by atoms with Crippen molar-refractivity contribution in [2.75, 3.05) is 0 Å². The molecule has 0 unspecified atom stereocenters. The Bertz CT molecular complexity index is 8920. The molecule has 0 saturated carbocycles. The first-order valence-electron chi connectivity index (χ1n) is 45.9. The largest absolute Gasteiger partial charge is 0.456 e. The Morgan fingerprint density at radius 2 is 0.412 bits per heavy atom. The van der Waals surface area contributed by atoms with Crippen LogP contribution >= 0.6 is 0 Å². The second-order valence-electron chi connectivity index (χ2n) is 34.2. The first kappa shape index (κ1) is 79.8. The number of para-hydroxylation sites is 4. The Kier molecular flexibility index (Phi) is 20.0. The maximum atomic E-state index is 6.83. The molecule has 0 aliphatic carbocycles. The molecule has 636 valence electrons. The van der Waals surface area contributed by atoms with Gasteiger partial charge in [-0.15, -0.1) is 0 Å². The highest BCUT2D eigenvalue weighted by atomic mass is 16.3. The number of benzene rings is 20. The van der Waals surface area contributed by atoms with Crippen LogP contribution in [0.25, 0.3) is 256 Å². The van der Waals surface area contributed by atoms with Crippen LogP contribution in [0.15, 0.2) is 494 Å². The zero-order chi connectivity index (χ0) is 89.9. The number of nitrogens with zero attached hydrogens (tertiary/aromatic N) is 8. The lowest BCUT2D eigenvalue weighted by Crippen LogP contribution is -2.01. The summed E-state index contributed by atoms with van der Waals surface area (Å²) < 4.78 is 18.2. The van der Waals surface area contributed by atoms with Gasteiger partial charge in [-0.1, -0.05) is 376 Å². The minimum absolute atomic E-state index is 0.582. The molecule has 136 heavy (non-hydrogen) atoms. The van der Waals surface area contributed by atoms with E-state index in [-0.39, 0.29) is 0 Å². The molecule has 6 heterocycles. The van der Waals surface area contributed by atoms with Gasteiger partial charge in [0.05, 0.1) is 22.1 Å². The first-order valence-corrected chi connectivity index (χ1v) is 45.9. The minimum Gasteiger partial charge on any atom is -0.456 e. The first-order chi connectivity index (χ1) is 67.4. The Morgan fingerprint density at radius 3 is 0.787 bits per heavy atom. The Balaban J connectivity index is 0.000000145. The molecule has 0 amide bonds. The fourth-order valence-corrected chi connectivity index (χ4v) is 19.8. The van der Waals surface area contributed by atoms with Crippen LogP contribution < -0.4 is 0 Å². The van der Waals surface area contributed by atoms with Crippen molar-refractivity contribution < 1.29 is 8.83 Å². The predicted molar refractivity (Wildman–Crippen MR) is 559 cm³/mol. The highest BCUT2D eigenvalue weighted by molar-refractivity contribution is 6.29. The van der Waals surface area contributed by atoms with Crippen molar-refractivity contribution in [3.8, 4) is 169 Å². The van der Waals surface area contributed by atoms with Crippen LogP contribution in [-0.4, -0.2) is 39.0 Å². The fraction of sp³-hybridized carbons (Fsp3) is 0. The van der Waals surface area contributed by atoms with Crippen LogP contribution in [0.5, 0.6) is 0 Å². The van der Waals surface area contributed by atoms with Crippen molar-refractivity contribution in [2.24, 2.45) is 0 Å². The molecule has 10 nitrogen and oxygen atoms in total. The van der Waals surface area contributed by atoms with Crippen molar-refractivity contribution in [2.45, 2.75) is 0 Å². The van der Waals surface area contributed by atoms with Gasteiger partial charge in [0.1, 0.15) is 22.3 Å². The fourth-order valence-electron chi connectivity index (χ4n) is 19.8. The zero-order valence-corrected chi connectivity index (χ0v) is 73.6. The van der Waals surface area contributed by atoms with E-state index < -0.39 is 0 Å². The molecule has 26 aromatic rings. The highest BCUT2D eigenvalue weighted by Crippen LogP contribution is 2.49. The Hall–Kier alpha value is -18.4. The van der Waals surface area contributed by atoms with Gasteiger partial charge >= 0.3 is 0 Å². The molecule has 0 radical (unpaired) electrons. The van der Waals surface area contributed by atoms with E-state index in [4.69, 9.17) is 38.7 Å². The summed E-state index contributed by atoms with van der Waals surface area (Å²) in [6.45, 7) is 0. The summed E-state index contributed by atoms with van der Waals surface area (Å²) in [7, 11) is 0. The van der Waals surface area contributed by atoms with Gasteiger partial charge in [0, 0.05) is 87.8 Å². The number of fused-ring (bicyclic) bond motifs is 14. The molecule has 0 aliphatic rings. The van der Waals surface area contributed by atoms with Crippen LogP contribution in [0.4, 0.5) is 0 Å². The standard InChI is InChI=1S/2C63H40N4O/c1-6-18-41(19-7-1)49-33-30-45(38-52(49)42-20-8-2-9-21-42)46-31-34-50(53(39-46)63-65-61(43-22-10-3-11-23-43)64-62(66-63)44-24-12-4-13-25-44)47-32-36-57-54(40-47)60-58(68-57)37-35-56-59(60)51-28-16-17-29-55(51)67(56)48-26-14-5-15-27-48;1-6-18-41(19-7-1)49-33-30-45(38-53(49)42-20-8-2-9-21-42)46-31-34-50(54(39-46)63-65-61(43-22-10-3-11-23-43)64-62(66-63)44-24-12-4-13-25-44)47-32-35-52-58(40-47)68-57-37-36-56-59(60(52)57)51-28-16-17-29-55(51)67(56)48-26-14-5-15-27-48/h2*1-40H. The second-order valence-corrected chi connectivity index (χ2v) is 34.2. The van der Waals surface area contributed by atoms with Gasteiger partial charge in [-0.25, -0.2) is 29.9 Å². The van der Waals surface area contributed by atoms with Crippen molar-refractivity contribution in [1.82, 2.24) is 39.0 Å². The molecular weight excluding hydrogens is 1660 g/mol. The molecule has 0 fully saturated rings. The molecule has 6 aromatic heterocycles. The van der Waals surface area contributed by atoms with Gasteiger partial charge in [0.25, 0.3) is 0 Å². The summed E-state index contributed by atoms with van der Waals surface area (Å²) in [5.74, 6) is 3.60. The van der Waals surface area contributed by atoms with Gasteiger partial charge in [-0.2, -0.15) is 0 Å². The summed E-state index contributed by atoms with van der Waals surface area (Å²) in [6.07, 6.45) is 0. The van der Waals surface area contributed by atoms with Crippen molar-refractivity contribution in [3.05, 3.63) is 485 Å². The highest BCUT2D eigenvalue weighted by Gasteiger charge is 2.27. The number of hydrogen-bond donors (Lipinski definition) is 0. The molecule has 0 aliphatic heterocycles. The van der Waals surface area contributed by atoms with E-state index in [9.17, 15) is 0 Å². The van der Waals surface area contributed by atoms with E-state index in [0.717, 1.165) is 177 Å². The summed E-state index contributed by atoms with van der Waals surface area (Å²) >= 11 is 0. The topological polar surface area (TPSA) is 113 Å². The lowest BCUT2D eigenvalue weighted by molar-refractivity contribution is 0.669. The van der Waals surface area contributed by atoms with Gasteiger partial charge in [0.15, 0.2) is 34.9 Å². The third-order valence-electron chi connectivity index (χ3n) is 26.2. The minimum atomic E-state index is 0.582. The van der Waals surface area contributed by atoms with Crippen molar-refractivity contribution in [3.63, 3.8) is 0 Å². The summed E-state index contributed by atoms with van der Waals surface area (Å²) in [5, 5.41) is 9.02. The molecule has 0 bridgehead atoms. The van der Waals surface area contributed by atoms with E-state index in [0.29, 0.717) is 34.9 Å². The number of rotatable bonds is 16. The Morgan fingerprint density at radius 1 is 0.140 bits per heavy atom. The molecule has 0 atom stereocenters. The molecule has 0 spiro atoms. The molecule has 20 aromatic carbocycles. The molecular formula is C126H80N8O2. The number of hydrogen-bond acceptors (Lipinski definition) is 8. The predicted octanol–water partition coefficient (Wildman–Crippen LogP) is 33.1. The third kappa shape index (κ3) is 14.5. The van der Waals surface area contributed by atoms with E-state index in [2.05, 4.69) is 397 Å². The van der Waals surface area contributed by atoms with E-state index in [1.807, 2.05) is 97.1 Å². The van der Waals surface area contributed by atoms with E-state index in [1.165, 1.54) is 43.8 Å². The van der Waals surface area contributed by atoms with E-state index >= 15 is 0 Å². The summed E-state index contributed by atoms with van der Waals surface area (Å²) in [4.78, 5) is 31.3. The van der Waals surface area contributed by atoms with Crippen LogP contribution in [0.2, 0.25) is 0 Å². The maximum absolute atomic E-state index is 6.83. The second kappa shape index (κ2) is 34.2. The third-order valence-corrected chi connectivity index (χ3v) is 26.2. The van der Waals surface area contributed by atoms with Crippen LogP contribution in [-0.2, 0) is 0 Å². The van der Waals surface area contributed by atoms with Crippen molar-refractivity contribution in [1.29, 1.82) is 0 Å². The number of aromatic nitrogens is 8. The summed E-state index contributed by atoms with van der Waals surface area (Å²) in [6, 6.07) is 170. The smallest absolute Gasteiger partial charge is 0.164 e. The Labute approximate surface area is 784 Å². The summed E-state index contributed by atoms with van der Waals surface area (Å²) in [5.41, 5.74) is 33.2. The maximum Gasteiger partial charge on any atom is 0.164 e. The SMILES string of the molecule is c1ccc(-c2nc(-c3ccccc3)nc(-c3cc(-c4ccc(-c5ccccc5)c(-c5ccccc5)c4)ccc3-c3ccc4c(c3)oc3ccc5c(c6ccccc6n5-c5ccccc5)c34)n2)cc1.c1ccc(-c2nc(-c3ccccc3)nc(-c3cc(-c4ccc(-c5ccccc5)c(-c5ccccc5)c4)ccc3-c3ccc4oc5ccc6c(c7ccccc7n6-c6ccccc6)c5c4c3)n2)cc1. The average Bonchev–Trinajstić information content (AvgIpc) is 1.56. The lowest BCUT2D eigenvalue weighted by atomic mass is 9.89. The normalized spacial score (nSPS) is 11.5. The van der Waals surface area contributed by atoms with Crippen LogP contribution in [0, 0.1) is 0 Å². The van der Waals surface area contributed by atoms with Gasteiger partial charge in [-0.05, 0) is 198 Å². The van der Waals surface area contributed by atoms with Gasteiger partial charge in [-0.3, -0.25) is 0 Å². The monoisotopic (exact) mass is 1740 g/mol. The quantitative estimate of drug-likeness (QED) is 0.0940. The van der Waals surface area contributed by atoms with Gasteiger partial charge in [0.2, 0.25) is 0 Å². The van der Waals surface area contributed by atoms with Crippen LogP contribution in [0.3, 0.4) is 0 Å². The molecule has 0 saturated heterocycles. The molecule has 0 N–H and O–H groups in total.